The number of anilines is 1. The second-order valence-corrected chi connectivity index (χ2v) is 10.4. The highest BCUT2D eigenvalue weighted by Crippen LogP contribution is 2.32. The van der Waals surface area contributed by atoms with Gasteiger partial charge in [0.1, 0.15) is 13.2 Å². The van der Waals surface area contributed by atoms with Gasteiger partial charge in [-0.2, -0.15) is 0 Å². The molecule has 0 saturated carbocycles. The van der Waals surface area contributed by atoms with Gasteiger partial charge in [0.25, 0.3) is 15.9 Å². The number of amides is 2. The molecule has 10 heteroatoms. The van der Waals surface area contributed by atoms with Crippen LogP contribution in [-0.2, 0) is 14.8 Å². The number of carbonyl (C=O) groups is 2. The lowest BCUT2D eigenvalue weighted by atomic mass is 10.1. The highest BCUT2D eigenvalue weighted by molar-refractivity contribution is 7.92. The van der Waals surface area contributed by atoms with E-state index in [4.69, 9.17) is 9.47 Å². The average Bonchev–Trinajstić information content (AvgIpc) is 2.83. The Bertz CT molecular complexity index is 1170. The zero-order valence-corrected chi connectivity index (χ0v) is 20.1. The number of piperazine rings is 1. The molecule has 0 aliphatic carbocycles. The molecular weight excluding hydrogens is 458 g/mol. The number of nitrogens with one attached hydrogen (secondary N) is 1. The van der Waals surface area contributed by atoms with Gasteiger partial charge in [-0.05, 0) is 36.2 Å². The van der Waals surface area contributed by atoms with Crippen LogP contribution in [0.3, 0.4) is 0 Å². The number of hydrogen-bond acceptors (Lipinski definition) is 6. The Morgan fingerprint density at radius 3 is 2.32 bits per heavy atom. The molecule has 1 N–H and O–H groups in total. The second kappa shape index (κ2) is 9.92. The summed E-state index contributed by atoms with van der Waals surface area (Å²) in [4.78, 5) is 28.8. The van der Waals surface area contributed by atoms with Gasteiger partial charge in [-0.25, -0.2) is 8.42 Å². The van der Waals surface area contributed by atoms with Crippen molar-refractivity contribution in [2.75, 3.05) is 44.1 Å². The Morgan fingerprint density at radius 2 is 1.62 bits per heavy atom. The van der Waals surface area contributed by atoms with E-state index in [-0.39, 0.29) is 22.4 Å². The van der Waals surface area contributed by atoms with Crippen molar-refractivity contribution in [1.29, 1.82) is 0 Å². The SMILES string of the molecule is CC(C)CC(=O)N1CCN(C(=O)c2cccc(NS(=O)(=O)c3ccc4c(c3)OCCO4)c2)CC1. The van der Waals surface area contributed by atoms with Crippen LogP contribution in [0.25, 0.3) is 0 Å². The van der Waals surface area contributed by atoms with Crippen LogP contribution in [0.5, 0.6) is 11.5 Å². The van der Waals surface area contributed by atoms with Crippen LogP contribution < -0.4 is 14.2 Å². The van der Waals surface area contributed by atoms with E-state index in [1.165, 1.54) is 18.2 Å². The fraction of sp³-hybridized carbons (Fsp3) is 0.417. The number of carbonyl (C=O) groups excluding carboxylic acids is 2. The van der Waals surface area contributed by atoms with Crippen LogP contribution in [0, 0.1) is 5.92 Å². The van der Waals surface area contributed by atoms with E-state index in [2.05, 4.69) is 4.72 Å². The normalized spacial score (nSPS) is 15.9. The van der Waals surface area contributed by atoms with Gasteiger partial charge in [-0.1, -0.05) is 19.9 Å². The van der Waals surface area contributed by atoms with Crippen LogP contribution >= 0.6 is 0 Å². The lowest BCUT2D eigenvalue weighted by Gasteiger charge is -2.35. The van der Waals surface area contributed by atoms with E-state index in [0.717, 1.165) is 0 Å². The summed E-state index contributed by atoms with van der Waals surface area (Å²) < 4.78 is 39.3. The number of fused-ring (bicyclic) bond motifs is 1. The number of nitrogens with zero attached hydrogens (tertiary/aromatic N) is 2. The Morgan fingerprint density at radius 1 is 0.941 bits per heavy atom. The van der Waals surface area contributed by atoms with Crippen molar-refractivity contribution < 1.29 is 27.5 Å². The smallest absolute Gasteiger partial charge is 0.262 e. The first kappa shape index (κ1) is 23.9. The Balaban J connectivity index is 1.42. The molecule has 1 saturated heterocycles. The van der Waals surface area contributed by atoms with Crippen LogP contribution in [0.2, 0.25) is 0 Å². The standard InChI is InChI=1S/C24H29N3O6S/c1-17(2)14-23(28)26-8-10-27(11-9-26)24(29)18-4-3-5-19(15-18)25-34(30,31)20-6-7-21-22(16-20)33-13-12-32-21/h3-7,15-17,25H,8-14H2,1-2H3. The van der Waals surface area contributed by atoms with Gasteiger partial charge >= 0.3 is 0 Å². The van der Waals surface area contributed by atoms with E-state index >= 15 is 0 Å². The molecule has 4 rings (SSSR count). The van der Waals surface area contributed by atoms with Gasteiger partial charge in [-0.15, -0.1) is 0 Å². The molecule has 0 radical (unpaired) electrons. The first-order chi connectivity index (χ1) is 16.2. The van der Waals surface area contributed by atoms with E-state index in [0.29, 0.717) is 68.8 Å². The van der Waals surface area contributed by atoms with Crippen molar-refractivity contribution in [2.24, 2.45) is 5.92 Å². The minimum absolute atomic E-state index is 0.0377. The Hall–Kier alpha value is -3.27. The van der Waals surface area contributed by atoms with Crippen molar-refractivity contribution in [1.82, 2.24) is 9.80 Å². The van der Waals surface area contributed by atoms with Crippen molar-refractivity contribution in [3.8, 4) is 11.5 Å². The van der Waals surface area contributed by atoms with Crippen molar-refractivity contribution >= 4 is 27.5 Å². The zero-order valence-electron chi connectivity index (χ0n) is 19.3. The van der Waals surface area contributed by atoms with E-state index in [1.54, 1.807) is 34.1 Å². The van der Waals surface area contributed by atoms with Crippen molar-refractivity contribution in [3.05, 3.63) is 48.0 Å². The summed E-state index contributed by atoms with van der Waals surface area (Å²) in [7, 11) is -3.90. The fourth-order valence-electron chi connectivity index (χ4n) is 3.94. The summed E-state index contributed by atoms with van der Waals surface area (Å²) in [5, 5.41) is 0. The minimum Gasteiger partial charge on any atom is -0.486 e. The maximum Gasteiger partial charge on any atom is 0.262 e. The van der Waals surface area contributed by atoms with Gasteiger partial charge in [0.2, 0.25) is 5.91 Å². The first-order valence-electron chi connectivity index (χ1n) is 11.3. The predicted molar refractivity (Wildman–Crippen MR) is 127 cm³/mol. The van der Waals surface area contributed by atoms with Crippen LogP contribution in [0.15, 0.2) is 47.4 Å². The summed E-state index contributed by atoms with van der Waals surface area (Å²) in [6.45, 7) is 6.65. The molecule has 9 nitrogen and oxygen atoms in total. The molecule has 0 bridgehead atoms. The summed E-state index contributed by atoms with van der Waals surface area (Å²) in [5.41, 5.74) is 0.663. The molecule has 0 unspecified atom stereocenters. The maximum absolute atomic E-state index is 13.0. The topological polar surface area (TPSA) is 105 Å². The number of rotatable bonds is 6. The fourth-order valence-corrected chi connectivity index (χ4v) is 5.00. The van der Waals surface area contributed by atoms with Gasteiger partial charge in [0, 0.05) is 49.9 Å². The molecule has 0 spiro atoms. The molecular formula is C24H29N3O6S. The number of ether oxygens (including phenoxy) is 2. The number of hydrogen-bond donors (Lipinski definition) is 1. The largest absolute Gasteiger partial charge is 0.486 e. The highest BCUT2D eigenvalue weighted by Gasteiger charge is 2.26. The summed E-state index contributed by atoms with van der Waals surface area (Å²) in [6.07, 6.45) is 0.500. The molecule has 0 aromatic heterocycles. The van der Waals surface area contributed by atoms with Gasteiger partial charge < -0.3 is 19.3 Å². The molecule has 2 aromatic rings. The molecule has 0 atom stereocenters. The number of sulfonamides is 1. The third-order valence-electron chi connectivity index (χ3n) is 5.69. The predicted octanol–water partition coefficient (Wildman–Crippen LogP) is 2.59. The first-order valence-corrected chi connectivity index (χ1v) is 12.8. The van der Waals surface area contributed by atoms with Crippen molar-refractivity contribution in [2.45, 2.75) is 25.2 Å². The summed E-state index contributed by atoms with van der Waals surface area (Å²) >= 11 is 0. The number of benzene rings is 2. The maximum atomic E-state index is 13.0. The molecule has 2 amide bonds. The molecule has 34 heavy (non-hydrogen) atoms. The summed E-state index contributed by atoms with van der Waals surface area (Å²) in [5.74, 6) is 1.09. The molecule has 2 aliphatic heterocycles. The Labute approximate surface area is 199 Å². The van der Waals surface area contributed by atoms with Crippen LogP contribution in [0.1, 0.15) is 30.6 Å². The van der Waals surface area contributed by atoms with Gasteiger partial charge in [0.05, 0.1) is 4.90 Å². The quantitative estimate of drug-likeness (QED) is 0.672. The van der Waals surface area contributed by atoms with E-state index in [1.807, 2.05) is 13.8 Å². The second-order valence-electron chi connectivity index (χ2n) is 8.76. The van der Waals surface area contributed by atoms with Gasteiger partial charge in [-0.3, -0.25) is 14.3 Å². The van der Waals surface area contributed by atoms with Crippen LogP contribution in [0.4, 0.5) is 5.69 Å². The molecule has 2 aromatic carbocycles. The van der Waals surface area contributed by atoms with Crippen LogP contribution in [-0.4, -0.2) is 69.4 Å². The van der Waals surface area contributed by atoms with E-state index in [9.17, 15) is 18.0 Å². The molecule has 2 aliphatic rings. The molecule has 182 valence electrons. The molecule has 2 heterocycles. The third kappa shape index (κ3) is 5.44. The zero-order chi connectivity index (χ0) is 24.3. The molecule has 1 fully saturated rings. The highest BCUT2D eigenvalue weighted by atomic mass is 32.2. The minimum atomic E-state index is -3.90. The lowest BCUT2D eigenvalue weighted by Crippen LogP contribution is -2.50. The third-order valence-corrected chi connectivity index (χ3v) is 7.07. The summed E-state index contributed by atoms with van der Waals surface area (Å²) in [6, 6.07) is 10.8. The Kier molecular flexibility index (Phi) is 6.97. The van der Waals surface area contributed by atoms with Gasteiger partial charge in [0.15, 0.2) is 11.5 Å². The van der Waals surface area contributed by atoms with Crippen molar-refractivity contribution in [3.63, 3.8) is 0 Å². The monoisotopic (exact) mass is 487 g/mol. The average molecular weight is 488 g/mol. The lowest BCUT2D eigenvalue weighted by molar-refractivity contribution is -0.133. The van der Waals surface area contributed by atoms with E-state index < -0.39 is 10.0 Å².